The van der Waals surface area contributed by atoms with E-state index in [1.54, 1.807) is 0 Å². The third-order valence-electron chi connectivity index (χ3n) is 3.90. The van der Waals surface area contributed by atoms with Gasteiger partial charge in [0.05, 0.1) is 11.0 Å². The minimum atomic E-state index is 0.424. The van der Waals surface area contributed by atoms with Gasteiger partial charge in [0.25, 0.3) is 0 Å². The zero-order valence-corrected chi connectivity index (χ0v) is 13.8. The van der Waals surface area contributed by atoms with Gasteiger partial charge in [-0.15, -0.1) is 0 Å². The van der Waals surface area contributed by atoms with Gasteiger partial charge in [-0.1, -0.05) is 58.4 Å². The van der Waals surface area contributed by atoms with Gasteiger partial charge in [0.2, 0.25) is 0 Å². The Morgan fingerprint density at radius 2 is 1.76 bits per heavy atom. The van der Waals surface area contributed by atoms with Crippen molar-refractivity contribution in [1.29, 1.82) is 0 Å². The first-order valence-corrected chi connectivity index (χ1v) is 8.26. The fourth-order valence-corrected chi connectivity index (χ4v) is 3.32. The van der Waals surface area contributed by atoms with Crippen LogP contribution in [-0.2, 0) is 13.5 Å². The summed E-state index contributed by atoms with van der Waals surface area (Å²) in [5.41, 5.74) is 3.65. The van der Waals surface area contributed by atoms with E-state index in [1.165, 1.54) is 16.9 Å². The molecule has 0 N–H and O–H groups in total. The quantitative estimate of drug-likeness (QED) is 0.594. The van der Waals surface area contributed by atoms with Crippen molar-refractivity contribution in [2.45, 2.75) is 24.1 Å². The predicted octanol–water partition coefficient (Wildman–Crippen LogP) is 5.03. The molecule has 1 aromatic heterocycles. The largest absolute Gasteiger partial charge is 0.331 e. The number of aryl methyl sites for hydroxylation is 2. The average Bonchev–Trinajstić information content (AvgIpc) is 2.85. The molecule has 1 heterocycles. The Bertz CT molecular complexity index is 718. The number of aromatic nitrogens is 2. The molecule has 3 rings (SSSR count). The number of hydrogen-bond acceptors (Lipinski definition) is 1. The molecule has 2 nitrogen and oxygen atoms in total. The fraction of sp³-hybridized carbons (Fsp3) is 0.278. The lowest BCUT2D eigenvalue weighted by molar-refractivity contribution is 0.684. The molecule has 0 saturated heterocycles. The smallest absolute Gasteiger partial charge is 0.109 e. The molecule has 108 valence electrons. The summed E-state index contributed by atoms with van der Waals surface area (Å²) in [6.45, 7) is 0. The number of hydrogen-bond donors (Lipinski definition) is 0. The molecule has 1 unspecified atom stereocenters. The van der Waals surface area contributed by atoms with E-state index in [0.717, 1.165) is 24.8 Å². The monoisotopic (exact) mass is 342 g/mol. The first-order chi connectivity index (χ1) is 10.3. The Kier molecular flexibility index (Phi) is 4.39. The molecule has 0 amide bonds. The number of halogens is 1. The van der Waals surface area contributed by atoms with Crippen LogP contribution in [0.1, 0.15) is 29.1 Å². The molecule has 0 aliphatic carbocycles. The highest BCUT2D eigenvalue weighted by Crippen LogP contribution is 2.28. The number of benzene rings is 2. The van der Waals surface area contributed by atoms with Crippen LogP contribution in [-0.4, -0.2) is 9.55 Å². The van der Waals surface area contributed by atoms with Crippen molar-refractivity contribution in [2.75, 3.05) is 0 Å². The van der Waals surface area contributed by atoms with E-state index < -0.39 is 0 Å². The lowest BCUT2D eigenvalue weighted by atomic mass is 10.1. The molecular formula is C18H19BrN2. The third-order valence-corrected chi connectivity index (χ3v) is 4.89. The first-order valence-electron chi connectivity index (χ1n) is 7.35. The summed E-state index contributed by atoms with van der Waals surface area (Å²) < 4.78 is 2.21. The minimum absolute atomic E-state index is 0.424. The van der Waals surface area contributed by atoms with Crippen molar-refractivity contribution in [1.82, 2.24) is 9.55 Å². The Morgan fingerprint density at radius 3 is 2.52 bits per heavy atom. The van der Waals surface area contributed by atoms with Crippen LogP contribution in [0.25, 0.3) is 11.0 Å². The van der Waals surface area contributed by atoms with Crippen LogP contribution in [0, 0.1) is 0 Å². The molecule has 1 atom stereocenters. The summed E-state index contributed by atoms with van der Waals surface area (Å²) in [5, 5.41) is 0. The van der Waals surface area contributed by atoms with Gasteiger partial charge in [0.1, 0.15) is 5.82 Å². The molecule has 0 aliphatic heterocycles. The summed E-state index contributed by atoms with van der Waals surface area (Å²) in [7, 11) is 2.10. The van der Waals surface area contributed by atoms with Gasteiger partial charge in [-0.25, -0.2) is 4.98 Å². The number of para-hydroxylation sites is 2. The summed E-state index contributed by atoms with van der Waals surface area (Å²) in [6, 6.07) is 18.9. The highest BCUT2D eigenvalue weighted by Gasteiger charge is 2.10. The topological polar surface area (TPSA) is 17.8 Å². The van der Waals surface area contributed by atoms with E-state index in [-0.39, 0.29) is 0 Å². The molecule has 3 heteroatoms. The summed E-state index contributed by atoms with van der Waals surface area (Å²) in [6.07, 6.45) is 3.26. The van der Waals surface area contributed by atoms with Crippen molar-refractivity contribution in [3.05, 3.63) is 66.0 Å². The summed E-state index contributed by atoms with van der Waals surface area (Å²) in [5.74, 6) is 1.17. The Labute approximate surface area is 134 Å². The Morgan fingerprint density at radius 1 is 1.05 bits per heavy atom. The van der Waals surface area contributed by atoms with Crippen molar-refractivity contribution < 1.29 is 0 Å². The highest BCUT2D eigenvalue weighted by molar-refractivity contribution is 9.09. The molecule has 0 saturated carbocycles. The van der Waals surface area contributed by atoms with E-state index >= 15 is 0 Å². The van der Waals surface area contributed by atoms with Crippen LogP contribution < -0.4 is 0 Å². The second-order valence-corrected chi connectivity index (χ2v) is 6.45. The van der Waals surface area contributed by atoms with E-state index in [1.807, 2.05) is 6.07 Å². The molecular weight excluding hydrogens is 324 g/mol. The van der Waals surface area contributed by atoms with Crippen molar-refractivity contribution in [3.8, 4) is 0 Å². The van der Waals surface area contributed by atoms with Crippen LogP contribution in [0.3, 0.4) is 0 Å². The summed E-state index contributed by atoms with van der Waals surface area (Å²) in [4.78, 5) is 5.15. The van der Waals surface area contributed by atoms with Crippen LogP contribution in [0.2, 0.25) is 0 Å². The molecule has 3 aromatic rings. The van der Waals surface area contributed by atoms with Crippen LogP contribution in [0.4, 0.5) is 0 Å². The van der Waals surface area contributed by atoms with E-state index in [9.17, 15) is 0 Å². The molecule has 0 bridgehead atoms. The number of rotatable bonds is 5. The lowest BCUT2D eigenvalue weighted by Crippen LogP contribution is -1.99. The van der Waals surface area contributed by atoms with Crippen LogP contribution in [0.15, 0.2) is 54.6 Å². The van der Waals surface area contributed by atoms with E-state index in [2.05, 4.69) is 76.1 Å². The van der Waals surface area contributed by atoms with Gasteiger partial charge in [-0.05, 0) is 30.5 Å². The van der Waals surface area contributed by atoms with Crippen molar-refractivity contribution in [3.63, 3.8) is 0 Å². The maximum absolute atomic E-state index is 4.73. The van der Waals surface area contributed by atoms with E-state index in [4.69, 9.17) is 4.98 Å². The highest BCUT2D eigenvalue weighted by atomic mass is 79.9. The van der Waals surface area contributed by atoms with E-state index in [0.29, 0.717) is 4.83 Å². The first kappa shape index (κ1) is 14.3. The zero-order valence-electron chi connectivity index (χ0n) is 12.2. The number of alkyl halides is 1. The van der Waals surface area contributed by atoms with Gasteiger partial charge in [-0.3, -0.25) is 0 Å². The zero-order chi connectivity index (χ0) is 14.7. The minimum Gasteiger partial charge on any atom is -0.331 e. The van der Waals surface area contributed by atoms with Crippen LogP contribution >= 0.6 is 15.9 Å². The van der Waals surface area contributed by atoms with Crippen molar-refractivity contribution in [2.24, 2.45) is 7.05 Å². The maximum atomic E-state index is 4.73. The van der Waals surface area contributed by atoms with Gasteiger partial charge in [0.15, 0.2) is 0 Å². The number of imidazole rings is 1. The average molecular weight is 343 g/mol. The summed E-state index contributed by atoms with van der Waals surface area (Å²) >= 11 is 3.79. The molecule has 0 fully saturated rings. The Balaban J connectivity index is 1.63. The molecule has 0 spiro atoms. The number of nitrogens with zero attached hydrogens (tertiary/aromatic N) is 2. The standard InChI is InChI=1S/C18H19BrN2/c1-21-17-12-6-5-11-16(17)20-18(21)13-7-10-15(19)14-8-3-2-4-9-14/h2-6,8-9,11-12,15H,7,10,13H2,1H3. The van der Waals surface area contributed by atoms with Gasteiger partial charge < -0.3 is 4.57 Å². The fourth-order valence-electron chi connectivity index (χ4n) is 2.69. The van der Waals surface area contributed by atoms with Crippen molar-refractivity contribution >= 4 is 27.0 Å². The molecule has 0 radical (unpaired) electrons. The van der Waals surface area contributed by atoms with Gasteiger partial charge in [-0.2, -0.15) is 0 Å². The molecule has 2 aromatic carbocycles. The van der Waals surface area contributed by atoms with Gasteiger partial charge in [0, 0.05) is 18.3 Å². The second kappa shape index (κ2) is 6.44. The van der Waals surface area contributed by atoms with Crippen LogP contribution in [0.5, 0.6) is 0 Å². The maximum Gasteiger partial charge on any atom is 0.109 e. The molecule has 21 heavy (non-hydrogen) atoms. The van der Waals surface area contributed by atoms with Gasteiger partial charge >= 0.3 is 0 Å². The predicted molar refractivity (Wildman–Crippen MR) is 91.8 cm³/mol. The lowest BCUT2D eigenvalue weighted by Gasteiger charge is -2.09. The third kappa shape index (κ3) is 3.18. The second-order valence-electron chi connectivity index (χ2n) is 5.35. The number of fused-ring (bicyclic) bond motifs is 1. The normalized spacial score (nSPS) is 12.7. The Hall–Kier alpha value is -1.61. The SMILES string of the molecule is Cn1c(CCCC(Br)c2ccccc2)nc2ccccc21. The molecule has 0 aliphatic rings.